The molecule has 7 nitrogen and oxygen atoms in total. The average molecular weight is 395 g/mol. The molecule has 3 rings (SSSR count). The number of hydrogen-bond acceptors (Lipinski definition) is 7. The van der Waals surface area contributed by atoms with Gasteiger partial charge in [-0.15, -0.1) is 11.8 Å². The second-order valence-corrected chi connectivity index (χ2v) is 7.67. The molecule has 2 heterocycles. The number of hydrogen-bond donors (Lipinski definition) is 0. The van der Waals surface area contributed by atoms with Crippen LogP contribution in [0, 0.1) is 4.77 Å². The Kier molecular flexibility index (Phi) is 6.00. The summed E-state index contributed by atoms with van der Waals surface area (Å²) in [5.74, 6) is 2.30. The number of benzene rings is 1. The number of methoxy groups -OCH3 is 2. The molecule has 140 valence electrons. The maximum atomic E-state index is 11.8. The van der Waals surface area contributed by atoms with Crippen molar-refractivity contribution in [3.8, 4) is 17.1 Å². The molecule has 1 aliphatic rings. The van der Waals surface area contributed by atoms with Crippen molar-refractivity contribution in [2.45, 2.75) is 11.9 Å². The van der Waals surface area contributed by atoms with E-state index in [-0.39, 0.29) is 11.2 Å². The zero-order chi connectivity index (χ0) is 18.7. The monoisotopic (exact) mass is 394 g/mol. The van der Waals surface area contributed by atoms with Crippen molar-refractivity contribution in [1.29, 1.82) is 0 Å². The van der Waals surface area contributed by atoms with Crippen LogP contribution in [0.25, 0.3) is 11.4 Å². The van der Waals surface area contributed by atoms with Crippen molar-refractivity contribution in [3.63, 3.8) is 0 Å². The van der Waals surface area contributed by atoms with Gasteiger partial charge in [-0.05, 0) is 36.5 Å². The first-order chi connectivity index (χ1) is 12.5. The van der Waals surface area contributed by atoms with Gasteiger partial charge in [0.25, 0.3) is 0 Å². The molecule has 1 aromatic carbocycles. The highest BCUT2D eigenvalue weighted by Crippen LogP contribution is 2.23. The summed E-state index contributed by atoms with van der Waals surface area (Å²) in [6, 6.07) is 7.73. The molecule has 9 heteroatoms. The molecular formula is C17H22N4O3S2. The minimum absolute atomic E-state index is 0.160. The first-order valence-corrected chi connectivity index (χ1v) is 9.69. The predicted octanol–water partition coefficient (Wildman–Crippen LogP) is 2.17. The van der Waals surface area contributed by atoms with E-state index in [1.54, 1.807) is 23.6 Å². The highest BCUT2D eigenvalue weighted by molar-refractivity contribution is 8.00. The highest BCUT2D eigenvalue weighted by Gasteiger charge is 2.27. The van der Waals surface area contributed by atoms with E-state index < -0.39 is 0 Å². The maximum absolute atomic E-state index is 11.8. The van der Waals surface area contributed by atoms with Gasteiger partial charge in [0.1, 0.15) is 11.0 Å². The fraction of sp³-hybridized carbons (Fsp3) is 0.471. The number of carbonyl (C=O) groups is 1. The lowest BCUT2D eigenvalue weighted by Crippen LogP contribution is -2.42. The van der Waals surface area contributed by atoms with Gasteiger partial charge in [0.2, 0.25) is 0 Å². The molecule has 0 saturated carbocycles. The van der Waals surface area contributed by atoms with E-state index in [9.17, 15) is 4.79 Å². The van der Waals surface area contributed by atoms with Crippen LogP contribution in [0.4, 0.5) is 0 Å². The van der Waals surface area contributed by atoms with Crippen LogP contribution in [-0.2, 0) is 23.2 Å². The molecule has 1 aliphatic heterocycles. The lowest BCUT2D eigenvalue weighted by Gasteiger charge is -2.30. The Morgan fingerprint density at radius 2 is 2.08 bits per heavy atom. The minimum atomic E-state index is -0.178. The fourth-order valence-corrected chi connectivity index (χ4v) is 4.25. The van der Waals surface area contributed by atoms with Gasteiger partial charge < -0.3 is 14.0 Å². The molecule has 0 aliphatic carbocycles. The number of esters is 1. The Balaban J connectivity index is 1.78. The summed E-state index contributed by atoms with van der Waals surface area (Å²) >= 11 is 7.18. The standard InChI is InChI=1S/C17H22N4O3S2/c1-19-15(12-4-6-13(23-2)7-5-12)18-21(17(19)25)11-20-8-9-26-14(10-20)16(22)24-3/h4-7,14H,8-11H2,1-3H3/t14-/m0/s1. The SMILES string of the molecule is COC(=O)[C@@H]1CN(Cn2nc(-c3ccc(OC)cc3)n(C)c2=S)CCS1. The third-order valence-corrected chi connectivity index (χ3v) is 5.98. The zero-order valence-electron chi connectivity index (χ0n) is 15.0. The molecule has 2 aromatic rings. The second-order valence-electron chi connectivity index (χ2n) is 5.99. The van der Waals surface area contributed by atoms with Crippen LogP contribution in [0.15, 0.2) is 24.3 Å². The van der Waals surface area contributed by atoms with Crippen LogP contribution in [0.2, 0.25) is 0 Å². The Morgan fingerprint density at radius 3 is 2.73 bits per heavy atom. The first kappa shape index (κ1) is 18.9. The Hall–Kier alpha value is -1.84. The summed E-state index contributed by atoms with van der Waals surface area (Å²) in [5.41, 5.74) is 0.972. The van der Waals surface area contributed by atoms with E-state index in [4.69, 9.17) is 21.7 Å². The highest BCUT2D eigenvalue weighted by atomic mass is 32.2. The molecule has 1 aromatic heterocycles. The second kappa shape index (κ2) is 8.24. The van der Waals surface area contributed by atoms with Gasteiger partial charge in [0.15, 0.2) is 10.6 Å². The van der Waals surface area contributed by atoms with E-state index in [0.717, 1.165) is 29.4 Å². The van der Waals surface area contributed by atoms with Crippen LogP contribution < -0.4 is 4.74 Å². The number of ether oxygens (including phenoxy) is 2. The molecule has 0 spiro atoms. The lowest BCUT2D eigenvalue weighted by atomic mass is 10.2. The smallest absolute Gasteiger partial charge is 0.320 e. The lowest BCUT2D eigenvalue weighted by molar-refractivity contribution is -0.140. The molecule has 26 heavy (non-hydrogen) atoms. The van der Waals surface area contributed by atoms with Gasteiger partial charge >= 0.3 is 5.97 Å². The topological polar surface area (TPSA) is 61.5 Å². The van der Waals surface area contributed by atoms with Crippen molar-refractivity contribution in [2.75, 3.05) is 33.1 Å². The van der Waals surface area contributed by atoms with Crippen molar-refractivity contribution in [1.82, 2.24) is 19.2 Å². The van der Waals surface area contributed by atoms with Crippen LogP contribution in [0.1, 0.15) is 0 Å². The van der Waals surface area contributed by atoms with Crippen molar-refractivity contribution >= 4 is 29.9 Å². The van der Waals surface area contributed by atoms with Gasteiger partial charge in [0.05, 0.1) is 20.9 Å². The summed E-state index contributed by atoms with van der Waals surface area (Å²) < 4.78 is 14.4. The van der Waals surface area contributed by atoms with Gasteiger partial charge in [-0.1, -0.05) is 0 Å². The minimum Gasteiger partial charge on any atom is -0.497 e. The number of carbonyl (C=O) groups excluding carboxylic acids is 1. The number of aromatic nitrogens is 3. The van der Waals surface area contributed by atoms with Gasteiger partial charge in [0, 0.05) is 31.5 Å². The van der Waals surface area contributed by atoms with Gasteiger partial charge in [-0.3, -0.25) is 9.69 Å². The van der Waals surface area contributed by atoms with E-state index in [0.29, 0.717) is 18.0 Å². The van der Waals surface area contributed by atoms with E-state index >= 15 is 0 Å². The van der Waals surface area contributed by atoms with Crippen LogP contribution in [0.3, 0.4) is 0 Å². The number of nitrogens with zero attached hydrogens (tertiary/aromatic N) is 4. The van der Waals surface area contributed by atoms with Crippen molar-refractivity contribution < 1.29 is 14.3 Å². The molecule has 1 atom stereocenters. The Labute approximate surface area is 161 Å². The summed E-state index contributed by atoms with van der Waals surface area (Å²) in [5, 5.41) is 4.53. The van der Waals surface area contributed by atoms with E-state index in [1.807, 2.05) is 35.9 Å². The molecule has 0 bridgehead atoms. The third kappa shape index (κ3) is 3.94. The van der Waals surface area contributed by atoms with Gasteiger partial charge in [-0.25, -0.2) is 4.68 Å². The molecule has 0 unspecified atom stereocenters. The van der Waals surface area contributed by atoms with Crippen molar-refractivity contribution in [2.24, 2.45) is 7.05 Å². The van der Waals surface area contributed by atoms with Crippen LogP contribution >= 0.6 is 24.0 Å². The number of rotatable bonds is 5. The zero-order valence-corrected chi connectivity index (χ0v) is 16.7. The number of thioether (sulfide) groups is 1. The Bertz CT molecular complexity index is 832. The first-order valence-electron chi connectivity index (χ1n) is 8.23. The normalized spacial score (nSPS) is 17.9. The maximum Gasteiger partial charge on any atom is 0.320 e. The summed E-state index contributed by atoms with van der Waals surface area (Å²) in [6.45, 7) is 2.07. The van der Waals surface area contributed by atoms with Crippen LogP contribution in [0.5, 0.6) is 5.75 Å². The fourth-order valence-electron chi connectivity index (χ4n) is 2.87. The van der Waals surface area contributed by atoms with Gasteiger partial charge in [-0.2, -0.15) is 5.10 Å². The molecular weight excluding hydrogens is 372 g/mol. The molecule has 1 saturated heterocycles. The quantitative estimate of drug-likeness (QED) is 0.569. The molecule has 0 radical (unpaired) electrons. The van der Waals surface area contributed by atoms with Crippen LogP contribution in [-0.4, -0.2) is 63.5 Å². The largest absolute Gasteiger partial charge is 0.497 e. The van der Waals surface area contributed by atoms with Crippen molar-refractivity contribution in [3.05, 3.63) is 29.0 Å². The Morgan fingerprint density at radius 1 is 1.35 bits per heavy atom. The summed E-state index contributed by atoms with van der Waals surface area (Å²) in [4.78, 5) is 14.0. The van der Waals surface area contributed by atoms with E-state index in [2.05, 4.69) is 10.00 Å². The molecule has 0 N–H and O–H groups in total. The summed E-state index contributed by atoms with van der Waals surface area (Å²) in [7, 11) is 4.98. The predicted molar refractivity (Wildman–Crippen MR) is 104 cm³/mol. The molecule has 1 fully saturated rings. The van der Waals surface area contributed by atoms with E-state index in [1.165, 1.54) is 7.11 Å². The molecule has 0 amide bonds. The average Bonchev–Trinajstić information content (AvgIpc) is 2.96. The summed E-state index contributed by atoms with van der Waals surface area (Å²) in [6.07, 6.45) is 0. The third-order valence-electron chi connectivity index (χ3n) is 4.34.